The molecule has 0 unspecified atom stereocenters. The minimum Gasteiger partial charge on any atom is -0.462 e. The van der Waals surface area contributed by atoms with Crippen molar-refractivity contribution in [3.05, 3.63) is 56.4 Å². The van der Waals surface area contributed by atoms with E-state index in [-0.39, 0.29) is 18.1 Å². The summed E-state index contributed by atoms with van der Waals surface area (Å²) in [6, 6.07) is 6.82. The zero-order chi connectivity index (χ0) is 22.0. The van der Waals surface area contributed by atoms with Crippen molar-refractivity contribution in [2.75, 3.05) is 11.9 Å². The number of anilines is 1. The number of benzene rings is 1. The molecule has 2 heterocycles. The number of carbonyl (C=O) groups is 2. The summed E-state index contributed by atoms with van der Waals surface area (Å²) in [6.07, 6.45) is 0.915. The molecule has 0 aliphatic rings. The number of aromatic nitrogens is 2. The molecule has 30 heavy (non-hydrogen) atoms. The number of hydrogen-bond acceptors (Lipinski definition) is 6. The van der Waals surface area contributed by atoms with Crippen molar-refractivity contribution in [2.24, 2.45) is 0 Å². The van der Waals surface area contributed by atoms with Gasteiger partial charge >= 0.3 is 5.97 Å². The summed E-state index contributed by atoms with van der Waals surface area (Å²) in [5.41, 5.74) is 2.03. The van der Waals surface area contributed by atoms with Gasteiger partial charge in [-0.25, -0.2) is 9.78 Å². The highest BCUT2D eigenvalue weighted by atomic mass is 32.1. The Hall–Kier alpha value is -3.00. The van der Waals surface area contributed by atoms with Crippen LogP contribution in [0.3, 0.4) is 0 Å². The SMILES string of the molecule is CCOC(=O)c1sc2nc(C)n([C@H](C)C(=O)Nc3ccc(CC)cc3)c(=O)c2c1C. The van der Waals surface area contributed by atoms with Gasteiger partial charge < -0.3 is 10.1 Å². The van der Waals surface area contributed by atoms with Crippen molar-refractivity contribution in [1.82, 2.24) is 9.55 Å². The number of ether oxygens (including phenoxy) is 1. The first-order valence-corrected chi connectivity index (χ1v) is 10.7. The minimum absolute atomic E-state index is 0.250. The average Bonchev–Trinajstić information content (AvgIpc) is 3.05. The van der Waals surface area contributed by atoms with E-state index < -0.39 is 12.0 Å². The topological polar surface area (TPSA) is 90.3 Å². The Morgan fingerprint density at radius 1 is 1.20 bits per heavy atom. The van der Waals surface area contributed by atoms with Gasteiger partial charge in [-0.1, -0.05) is 19.1 Å². The molecule has 3 aromatic rings. The van der Waals surface area contributed by atoms with Crippen LogP contribution in [0, 0.1) is 13.8 Å². The van der Waals surface area contributed by atoms with Gasteiger partial charge in [0.25, 0.3) is 5.56 Å². The van der Waals surface area contributed by atoms with Gasteiger partial charge in [-0.05, 0) is 57.4 Å². The van der Waals surface area contributed by atoms with Gasteiger partial charge in [-0.2, -0.15) is 0 Å². The van der Waals surface area contributed by atoms with Crippen molar-refractivity contribution < 1.29 is 14.3 Å². The molecule has 1 aromatic carbocycles. The van der Waals surface area contributed by atoms with Crippen molar-refractivity contribution in [3.63, 3.8) is 0 Å². The lowest BCUT2D eigenvalue weighted by molar-refractivity contribution is -0.118. The molecule has 1 amide bonds. The molecule has 158 valence electrons. The van der Waals surface area contributed by atoms with E-state index in [1.807, 2.05) is 24.3 Å². The second kappa shape index (κ2) is 8.79. The largest absolute Gasteiger partial charge is 0.462 e. The number of hydrogen-bond donors (Lipinski definition) is 1. The molecule has 0 bridgehead atoms. The predicted octanol–water partition coefficient (Wildman–Crippen LogP) is 4.01. The third-order valence-corrected chi connectivity index (χ3v) is 6.20. The number of nitrogens with one attached hydrogen (secondary N) is 1. The normalized spacial score (nSPS) is 12.0. The van der Waals surface area contributed by atoms with E-state index >= 15 is 0 Å². The summed E-state index contributed by atoms with van der Waals surface area (Å²) < 4.78 is 6.45. The van der Waals surface area contributed by atoms with E-state index in [0.717, 1.165) is 17.8 Å². The maximum absolute atomic E-state index is 13.2. The molecule has 0 spiro atoms. The third-order valence-electron chi connectivity index (χ3n) is 5.03. The average molecular weight is 428 g/mol. The van der Waals surface area contributed by atoms with E-state index in [4.69, 9.17) is 4.74 Å². The number of esters is 1. The van der Waals surface area contributed by atoms with Crippen LogP contribution in [0.2, 0.25) is 0 Å². The highest BCUT2D eigenvalue weighted by molar-refractivity contribution is 7.20. The smallest absolute Gasteiger partial charge is 0.348 e. The molecule has 3 rings (SSSR count). The molecule has 1 atom stereocenters. The number of aryl methyl sites for hydroxylation is 3. The van der Waals surface area contributed by atoms with Gasteiger partial charge in [0, 0.05) is 5.69 Å². The van der Waals surface area contributed by atoms with E-state index in [9.17, 15) is 14.4 Å². The first kappa shape index (κ1) is 21.7. The van der Waals surface area contributed by atoms with Crippen LogP contribution in [0.5, 0.6) is 0 Å². The fourth-order valence-electron chi connectivity index (χ4n) is 3.33. The molecule has 0 aliphatic carbocycles. The molecular weight excluding hydrogens is 402 g/mol. The number of fused-ring (bicyclic) bond motifs is 1. The molecule has 0 saturated carbocycles. The zero-order valence-corrected chi connectivity index (χ0v) is 18.6. The van der Waals surface area contributed by atoms with Crippen molar-refractivity contribution in [1.29, 1.82) is 0 Å². The summed E-state index contributed by atoms with van der Waals surface area (Å²) in [5.74, 6) is -0.375. The van der Waals surface area contributed by atoms with Gasteiger partial charge in [-0.15, -0.1) is 11.3 Å². The van der Waals surface area contributed by atoms with Gasteiger partial charge in [0.2, 0.25) is 5.91 Å². The fourth-order valence-corrected chi connectivity index (χ4v) is 4.44. The molecule has 0 radical (unpaired) electrons. The molecule has 8 heteroatoms. The number of thiophene rings is 1. The van der Waals surface area contributed by atoms with Gasteiger partial charge in [-0.3, -0.25) is 14.2 Å². The maximum atomic E-state index is 13.2. The third kappa shape index (κ3) is 4.00. The Kier molecular flexibility index (Phi) is 6.36. The Balaban J connectivity index is 1.97. The van der Waals surface area contributed by atoms with Gasteiger partial charge in [0.1, 0.15) is 21.6 Å². The predicted molar refractivity (Wildman–Crippen MR) is 118 cm³/mol. The summed E-state index contributed by atoms with van der Waals surface area (Å²) >= 11 is 1.14. The van der Waals surface area contributed by atoms with E-state index in [1.165, 1.54) is 10.1 Å². The Bertz CT molecular complexity index is 1160. The van der Waals surface area contributed by atoms with Gasteiger partial charge in [0.05, 0.1) is 12.0 Å². The zero-order valence-electron chi connectivity index (χ0n) is 17.7. The fraction of sp³-hybridized carbons (Fsp3) is 0.364. The highest BCUT2D eigenvalue weighted by Gasteiger charge is 2.25. The summed E-state index contributed by atoms with van der Waals surface area (Å²) in [5, 5.41) is 3.20. The van der Waals surface area contributed by atoms with Crippen LogP contribution in [0.1, 0.15) is 53.4 Å². The second-order valence-corrected chi connectivity index (χ2v) is 8.01. The Morgan fingerprint density at radius 2 is 1.87 bits per heavy atom. The lowest BCUT2D eigenvalue weighted by atomic mass is 10.1. The standard InChI is InChI=1S/C22H25N3O4S/c1-6-15-8-10-16(11-9-15)24-19(26)13(4)25-14(5)23-20-17(21(25)27)12(3)18(30-20)22(28)29-7-2/h8-11,13H,6-7H2,1-5H3,(H,24,26)/t13-/m1/s1. The summed E-state index contributed by atoms with van der Waals surface area (Å²) in [4.78, 5) is 43.6. The van der Waals surface area contributed by atoms with E-state index in [2.05, 4.69) is 17.2 Å². The molecule has 1 N–H and O–H groups in total. The molecule has 0 aliphatic heterocycles. The molecule has 7 nitrogen and oxygen atoms in total. The number of amides is 1. The van der Waals surface area contributed by atoms with E-state index in [0.29, 0.717) is 32.2 Å². The molecule has 0 fully saturated rings. The Morgan fingerprint density at radius 3 is 2.47 bits per heavy atom. The summed E-state index contributed by atoms with van der Waals surface area (Å²) in [6.45, 7) is 9.08. The highest BCUT2D eigenvalue weighted by Crippen LogP contribution is 2.28. The summed E-state index contributed by atoms with van der Waals surface area (Å²) in [7, 11) is 0. The lowest BCUT2D eigenvalue weighted by Gasteiger charge is -2.17. The first-order valence-electron chi connectivity index (χ1n) is 9.87. The first-order chi connectivity index (χ1) is 14.3. The number of carbonyl (C=O) groups excluding carboxylic acids is 2. The van der Waals surface area contributed by atoms with Crippen LogP contribution >= 0.6 is 11.3 Å². The Labute approximate surface area is 178 Å². The van der Waals surface area contributed by atoms with Crippen LogP contribution < -0.4 is 10.9 Å². The van der Waals surface area contributed by atoms with Crippen LogP contribution in [0.4, 0.5) is 5.69 Å². The van der Waals surface area contributed by atoms with Crippen molar-refractivity contribution >= 4 is 39.1 Å². The van der Waals surface area contributed by atoms with Crippen LogP contribution in [0.25, 0.3) is 10.2 Å². The number of rotatable bonds is 6. The number of nitrogens with zero attached hydrogens (tertiary/aromatic N) is 2. The monoisotopic (exact) mass is 427 g/mol. The van der Waals surface area contributed by atoms with Crippen molar-refractivity contribution in [3.8, 4) is 0 Å². The van der Waals surface area contributed by atoms with Gasteiger partial charge in [0.15, 0.2) is 0 Å². The van der Waals surface area contributed by atoms with Crippen molar-refractivity contribution in [2.45, 2.75) is 47.1 Å². The molecular formula is C22H25N3O4S. The lowest BCUT2D eigenvalue weighted by Crippen LogP contribution is -2.33. The maximum Gasteiger partial charge on any atom is 0.348 e. The van der Waals surface area contributed by atoms with Crippen LogP contribution in [-0.2, 0) is 16.0 Å². The van der Waals surface area contributed by atoms with Crippen LogP contribution in [-0.4, -0.2) is 28.0 Å². The minimum atomic E-state index is -0.773. The van der Waals surface area contributed by atoms with E-state index in [1.54, 1.807) is 27.7 Å². The quantitative estimate of drug-likeness (QED) is 0.600. The second-order valence-electron chi connectivity index (χ2n) is 7.01. The molecule has 2 aromatic heterocycles. The molecule has 0 saturated heterocycles. The van der Waals surface area contributed by atoms with Crippen LogP contribution in [0.15, 0.2) is 29.1 Å².